The highest BCUT2D eigenvalue weighted by Gasteiger charge is 2.35. The monoisotopic (exact) mass is 267 g/mol. The molecule has 2 fully saturated rings. The van der Waals surface area contributed by atoms with Crippen molar-refractivity contribution in [1.29, 1.82) is 0 Å². The lowest BCUT2D eigenvalue weighted by molar-refractivity contribution is -0.128. The zero-order valence-electron chi connectivity index (χ0n) is 12.5. The highest BCUT2D eigenvalue weighted by Crippen LogP contribution is 2.25. The van der Waals surface area contributed by atoms with Crippen molar-refractivity contribution >= 4 is 5.91 Å². The van der Waals surface area contributed by atoms with E-state index in [1.807, 2.05) is 0 Å². The maximum atomic E-state index is 11.8. The van der Waals surface area contributed by atoms with Gasteiger partial charge in [-0.15, -0.1) is 0 Å². The summed E-state index contributed by atoms with van der Waals surface area (Å²) in [7, 11) is 0. The van der Waals surface area contributed by atoms with Crippen LogP contribution in [0, 0.1) is 0 Å². The summed E-state index contributed by atoms with van der Waals surface area (Å²) in [5.41, 5.74) is 0. The van der Waals surface area contributed by atoms with Crippen LogP contribution in [0.25, 0.3) is 0 Å². The Labute approximate surface area is 117 Å². The summed E-state index contributed by atoms with van der Waals surface area (Å²) in [6.45, 7) is 9.53. The molecule has 0 bridgehead atoms. The number of hydrogen-bond donors (Lipinski definition) is 1. The molecule has 2 atom stereocenters. The zero-order chi connectivity index (χ0) is 13.7. The molecule has 2 rings (SSSR count). The summed E-state index contributed by atoms with van der Waals surface area (Å²) >= 11 is 0. The topological polar surface area (TPSA) is 35.6 Å². The Balaban J connectivity index is 1.81. The van der Waals surface area contributed by atoms with Gasteiger partial charge in [-0.2, -0.15) is 0 Å². The molecule has 1 saturated carbocycles. The fraction of sp³-hybridized carbons (Fsp3) is 0.933. The average Bonchev–Trinajstić information content (AvgIpc) is 2.43. The Bertz CT molecular complexity index is 291. The molecule has 1 heterocycles. The third kappa shape index (κ3) is 3.93. The first-order valence-corrected chi connectivity index (χ1v) is 8.00. The molecule has 0 unspecified atom stereocenters. The van der Waals surface area contributed by atoms with Gasteiger partial charge in [0.05, 0.1) is 6.54 Å². The molecular weight excluding hydrogens is 238 g/mol. The summed E-state index contributed by atoms with van der Waals surface area (Å²) in [4.78, 5) is 16.7. The van der Waals surface area contributed by atoms with E-state index in [-0.39, 0.29) is 5.91 Å². The second-order valence-electron chi connectivity index (χ2n) is 5.88. The molecule has 0 aromatic rings. The van der Waals surface area contributed by atoms with E-state index < -0.39 is 0 Å². The smallest absolute Gasteiger partial charge is 0.234 e. The van der Waals surface area contributed by atoms with Crippen molar-refractivity contribution in [3.63, 3.8) is 0 Å². The van der Waals surface area contributed by atoms with Crippen LogP contribution in [0.4, 0.5) is 0 Å². The maximum Gasteiger partial charge on any atom is 0.234 e. The van der Waals surface area contributed by atoms with Gasteiger partial charge in [-0.05, 0) is 38.9 Å². The van der Waals surface area contributed by atoms with Crippen molar-refractivity contribution in [3.8, 4) is 0 Å². The molecular formula is C15H29N3O. The van der Waals surface area contributed by atoms with Crippen LogP contribution in [0.3, 0.4) is 0 Å². The Morgan fingerprint density at radius 1 is 1.26 bits per heavy atom. The predicted octanol–water partition coefficient (Wildman–Crippen LogP) is 1.46. The first-order valence-electron chi connectivity index (χ1n) is 8.00. The van der Waals surface area contributed by atoms with Gasteiger partial charge in [-0.1, -0.05) is 26.7 Å². The Morgan fingerprint density at radius 2 is 2.00 bits per heavy atom. The van der Waals surface area contributed by atoms with Gasteiger partial charge in [-0.3, -0.25) is 9.69 Å². The average molecular weight is 267 g/mol. The lowest BCUT2D eigenvalue weighted by Gasteiger charge is -2.44. The van der Waals surface area contributed by atoms with Gasteiger partial charge in [-0.25, -0.2) is 0 Å². The third-order valence-corrected chi connectivity index (χ3v) is 4.71. The number of carbonyl (C=O) groups excluding carboxylic acids is 1. The van der Waals surface area contributed by atoms with Gasteiger partial charge >= 0.3 is 0 Å². The van der Waals surface area contributed by atoms with Gasteiger partial charge < -0.3 is 10.2 Å². The largest absolute Gasteiger partial charge is 0.351 e. The van der Waals surface area contributed by atoms with E-state index in [0.29, 0.717) is 18.6 Å². The van der Waals surface area contributed by atoms with Crippen molar-refractivity contribution in [2.75, 3.05) is 32.7 Å². The Kier molecular flexibility index (Phi) is 5.64. The first kappa shape index (κ1) is 14.8. The molecule has 110 valence electrons. The second-order valence-corrected chi connectivity index (χ2v) is 5.88. The number of fused-ring (bicyclic) bond motifs is 1. The fourth-order valence-electron chi connectivity index (χ4n) is 3.55. The highest BCUT2D eigenvalue weighted by atomic mass is 16.2. The van der Waals surface area contributed by atoms with Gasteiger partial charge in [0.2, 0.25) is 5.91 Å². The summed E-state index contributed by atoms with van der Waals surface area (Å²) in [6, 6.07) is 1.02. The van der Waals surface area contributed by atoms with E-state index in [4.69, 9.17) is 0 Å². The molecule has 1 saturated heterocycles. The summed E-state index contributed by atoms with van der Waals surface area (Å²) in [5.74, 6) is 0.228. The fourth-order valence-corrected chi connectivity index (χ4v) is 3.55. The van der Waals surface area contributed by atoms with Crippen molar-refractivity contribution in [1.82, 2.24) is 15.1 Å². The predicted molar refractivity (Wildman–Crippen MR) is 78.2 cm³/mol. The molecule has 4 heteroatoms. The number of nitrogens with one attached hydrogen (secondary N) is 1. The minimum Gasteiger partial charge on any atom is -0.351 e. The lowest BCUT2D eigenvalue weighted by atomic mass is 9.87. The SMILES string of the molecule is CCN(CC)CCCN1CC(=O)N[C@@H]2CCCC[C@H]21. The van der Waals surface area contributed by atoms with Crippen LogP contribution in [-0.4, -0.2) is 60.5 Å². The third-order valence-electron chi connectivity index (χ3n) is 4.71. The summed E-state index contributed by atoms with van der Waals surface area (Å²) < 4.78 is 0. The number of piperazine rings is 1. The number of carbonyl (C=O) groups is 1. The number of rotatable bonds is 6. The Hall–Kier alpha value is -0.610. The quantitative estimate of drug-likeness (QED) is 0.791. The first-order chi connectivity index (χ1) is 9.24. The molecule has 2 aliphatic rings. The van der Waals surface area contributed by atoms with E-state index in [1.165, 1.54) is 32.1 Å². The molecule has 0 spiro atoms. The van der Waals surface area contributed by atoms with Crippen LogP contribution in [0.5, 0.6) is 0 Å². The minimum atomic E-state index is 0.228. The number of nitrogens with zero attached hydrogens (tertiary/aromatic N) is 2. The maximum absolute atomic E-state index is 11.8. The van der Waals surface area contributed by atoms with Crippen LogP contribution in [0.1, 0.15) is 46.0 Å². The molecule has 1 aliphatic carbocycles. The second kappa shape index (κ2) is 7.25. The molecule has 0 radical (unpaired) electrons. The van der Waals surface area contributed by atoms with Crippen LogP contribution < -0.4 is 5.32 Å². The standard InChI is InChI=1S/C15H29N3O/c1-3-17(4-2)10-7-11-18-12-15(19)16-13-8-5-6-9-14(13)18/h13-14H,3-12H2,1-2H3,(H,16,19)/t13-,14-/m1/s1. The summed E-state index contributed by atoms with van der Waals surface area (Å²) in [5, 5.41) is 3.18. The molecule has 0 aromatic carbocycles. The highest BCUT2D eigenvalue weighted by molar-refractivity contribution is 5.79. The van der Waals surface area contributed by atoms with Gasteiger partial charge in [0.1, 0.15) is 0 Å². The van der Waals surface area contributed by atoms with E-state index in [9.17, 15) is 4.79 Å². The van der Waals surface area contributed by atoms with Crippen LogP contribution in [-0.2, 0) is 4.79 Å². The van der Waals surface area contributed by atoms with Crippen LogP contribution in [0.15, 0.2) is 0 Å². The zero-order valence-corrected chi connectivity index (χ0v) is 12.5. The number of hydrogen-bond acceptors (Lipinski definition) is 3. The van der Waals surface area contributed by atoms with Gasteiger partial charge in [0, 0.05) is 18.6 Å². The Morgan fingerprint density at radius 3 is 2.74 bits per heavy atom. The molecule has 1 N–H and O–H groups in total. The van der Waals surface area contributed by atoms with Gasteiger partial charge in [0.15, 0.2) is 0 Å². The van der Waals surface area contributed by atoms with E-state index in [0.717, 1.165) is 26.2 Å². The molecule has 4 nitrogen and oxygen atoms in total. The van der Waals surface area contributed by atoms with Crippen LogP contribution in [0.2, 0.25) is 0 Å². The van der Waals surface area contributed by atoms with Crippen molar-refractivity contribution in [2.45, 2.75) is 58.0 Å². The molecule has 19 heavy (non-hydrogen) atoms. The number of amides is 1. The van der Waals surface area contributed by atoms with E-state index in [2.05, 4.69) is 29.0 Å². The van der Waals surface area contributed by atoms with Crippen LogP contribution >= 0.6 is 0 Å². The summed E-state index contributed by atoms with van der Waals surface area (Å²) in [6.07, 6.45) is 6.20. The molecule has 1 aliphatic heterocycles. The lowest BCUT2D eigenvalue weighted by Crippen LogP contribution is -2.61. The van der Waals surface area contributed by atoms with Crippen molar-refractivity contribution < 1.29 is 4.79 Å². The van der Waals surface area contributed by atoms with E-state index >= 15 is 0 Å². The molecule has 1 amide bonds. The van der Waals surface area contributed by atoms with Crippen molar-refractivity contribution in [3.05, 3.63) is 0 Å². The van der Waals surface area contributed by atoms with E-state index in [1.54, 1.807) is 0 Å². The van der Waals surface area contributed by atoms with Crippen molar-refractivity contribution in [2.24, 2.45) is 0 Å². The minimum absolute atomic E-state index is 0.228. The molecule has 0 aromatic heterocycles. The van der Waals surface area contributed by atoms with Gasteiger partial charge in [0.25, 0.3) is 0 Å². The normalized spacial score (nSPS) is 28.3.